The molecule has 0 aromatic heterocycles. The van der Waals surface area contributed by atoms with E-state index >= 15 is 0 Å². The third kappa shape index (κ3) is 4.76. The molecule has 2 N–H and O–H groups in total. The fourth-order valence-electron chi connectivity index (χ4n) is 4.26. The minimum Gasteiger partial charge on any atom is -0.465 e. The first kappa shape index (κ1) is 20.5. The Morgan fingerprint density at radius 3 is 2.32 bits per heavy atom. The zero-order chi connectivity index (χ0) is 20.3. The summed E-state index contributed by atoms with van der Waals surface area (Å²) in [4.78, 5) is 39.1. The van der Waals surface area contributed by atoms with Crippen LogP contribution in [0.15, 0.2) is 24.3 Å². The van der Waals surface area contributed by atoms with E-state index in [1.54, 1.807) is 11.8 Å². The highest BCUT2D eigenvalue weighted by Gasteiger charge is 2.39. The quantitative estimate of drug-likeness (QED) is 0.802. The Balaban J connectivity index is 1.68. The van der Waals surface area contributed by atoms with Crippen LogP contribution in [0.5, 0.6) is 0 Å². The van der Waals surface area contributed by atoms with Gasteiger partial charge < -0.3 is 20.2 Å². The Labute approximate surface area is 169 Å². The van der Waals surface area contributed by atoms with Gasteiger partial charge in [0.1, 0.15) is 0 Å². The predicted octanol–water partition coefficient (Wildman–Crippen LogP) is 2.41. The highest BCUT2D eigenvalue weighted by atomic mass is 35.5. The molecule has 1 aromatic carbocycles. The number of likely N-dealkylation sites (tertiary alicyclic amines) is 2. The van der Waals surface area contributed by atoms with Crippen molar-refractivity contribution in [2.45, 2.75) is 25.7 Å². The summed E-state index contributed by atoms with van der Waals surface area (Å²) >= 11 is 5.99. The molecule has 2 atom stereocenters. The van der Waals surface area contributed by atoms with Crippen molar-refractivity contribution in [1.82, 2.24) is 15.1 Å². The van der Waals surface area contributed by atoms with Gasteiger partial charge in [0.2, 0.25) is 11.8 Å². The molecule has 2 heterocycles. The Bertz CT molecular complexity index is 731. The van der Waals surface area contributed by atoms with E-state index in [1.807, 2.05) is 29.2 Å². The Morgan fingerprint density at radius 2 is 1.75 bits per heavy atom. The maximum absolute atomic E-state index is 13.1. The van der Waals surface area contributed by atoms with Gasteiger partial charge in [0, 0.05) is 62.4 Å². The SMILES string of the molecule is CC(=O)N1CCC(C(=O)N2C[C@H](CNC(=O)O)[C@H](c3ccc(Cl)cc3)C2)CC1. The number of hydrogen-bond acceptors (Lipinski definition) is 3. The zero-order valence-electron chi connectivity index (χ0n) is 15.9. The van der Waals surface area contributed by atoms with Crippen molar-refractivity contribution in [2.24, 2.45) is 11.8 Å². The fraction of sp³-hybridized carbons (Fsp3) is 0.550. The van der Waals surface area contributed by atoms with E-state index in [4.69, 9.17) is 16.7 Å². The van der Waals surface area contributed by atoms with Crippen LogP contribution in [-0.2, 0) is 9.59 Å². The van der Waals surface area contributed by atoms with Crippen LogP contribution in [0, 0.1) is 11.8 Å². The van der Waals surface area contributed by atoms with E-state index in [0.717, 1.165) is 5.56 Å². The maximum Gasteiger partial charge on any atom is 0.404 e. The number of piperidine rings is 1. The minimum atomic E-state index is -1.06. The lowest BCUT2D eigenvalue weighted by Gasteiger charge is -2.32. The number of nitrogens with one attached hydrogen (secondary N) is 1. The lowest BCUT2D eigenvalue weighted by Crippen LogP contribution is -2.43. The molecular weight excluding hydrogens is 382 g/mol. The summed E-state index contributed by atoms with van der Waals surface area (Å²) < 4.78 is 0. The van der Waals surface area contributed by atoms with Gasteiger partial charge in [-0.2, -0.15) is 0 Å². The van der Waals surface area contributed by atoms with Crippen molar-refractivity contribution in [3.05, 3.63) is 34.9 Å². The Kier molecular flexibility index (Phi) is 6.44. The number of halogens is 1. The number of carbonyl (C=O) groups is 3. The first-order valence-corrected chi connectivity index (χ1v) is 9.99. The Hall–Kier alpha value is -2.28. The van der Waals surface area contributed by atoms with Crippen LogP contribution in [0.1, 0.15) is 31.2 Å². The second-order valence-electron chi connectivity index (χ2n) is 7.63. The van der Waals surface area contributed by atoms with E-state index in [-0.39, 0.29) is 29.6 Å². The first-order chi connectivity index (χ1) is 13.3. The molecule has 8 heteroatoms. The standard InChI is InChI=1S/C20H26ClN3O4/c1-13(25)23-8-6-15(7-9-23)19(26)24-11-16(10-22-20(27)28)18(12-24)14-2-4-17(21)5-3-14/h2-5,15-16,18,22H,6-12H2,1H3,(H,27,28)/t16-,18-/m0/s1. The lowest BCUT2D eigenvalue weighted by atomic mass is 9.89. The van der Waals surface area contributed by atoms with Gasteiger partial charge in [-0.15, -0.1) is 0 Å². The third-order valence-electron chi connectivity index (χ3n) is 5.86. The summed E-state index contributed by atoms with van der Waals surface area (Å²) in [5, 5.41) is 12.1. The molecule has 0 aliphatic carbocycles. The monoisotopic (exact) mass is 407 g/mol. The molecule has 0 unspecified atom stereocenters. The summed E-state index contributed by atoms with van der Waals surface area (Å²) in [6, 6.07) is 7.53. The molecule has 2 aliphatic rings. The normalized spacial score (nSPS) is 22.9. The molecular formula is C20H26ClN3O4. The van der Waals surface area contributed by atoms with Crippen molar-refractivity contribution >= 4 is 29.5 Å². The van der Waals surface area contributed by atoms with E-state index in [9.17, 15) is 14.4 Å². The van der Waals surface area contributed by atoms with Crippen LogP contribution in [0.4, 0.5) is 4.79 Å². The van der Waals surface area contributed by atoms with Gasteiger partial charge >= 0.3 is 6.09 Å². The molecule has 3 rings (SSSR count). The summed E-state index contributed by atoms with van der Waals surface area (Å²) in [5.74, 6) is 0.159. The molecule has 152 valence electrons. The van der Waals surface area contributed by atoms with Gasteiger partial charge in [0.15, 0.2) is 0 Å². The van der Waals surface area contributed by atoms with Crippen molar-refractivity contribution in [3.63, 3.8) is 0 Å². The number of carboxylic acid groups (broad SMARTS) is 1. The van der Waals surface area contributed by atoms with Crippen LogP contribution in [0.2, 0.25) is 5.02 Å². The number of nitrogens with zero attached hydrogens (tertiary/aromatic N) is 2. The van der Waals surface area contributed by atoms with E-state index in [2.05, 4.69) is 5.32 Å². The second kappa shape index (κ2) is 8.82. The largest absolute Gasteiger partial charge is 0.465 e. The summed E-state index contributed by atoms with van der Waals surface area (Å²) in [7, 11) is 0. The van der Waals surface area contributed by atoms with Crippen molar-refractivity contribution < 1.29 is 19.5 Å². The molecule has 0 radical (unpaired) electrons. The van der Waals surface area contributed by atoms with Crippen molar-refractivity contribution in [3.8, 4) is 0 Å². The third-order valence-corrected chi connectivity index (χ3v) is 6.11. The molecule has 2 saturated heterocycles. The molecule has 28 heavy (non-hydrogen) atoms. The van der Waals surface area contributed by atoms with Gasteiger partial charge in [0.05, 0.1) is 0 Å². The molecule has 0 bridgehead atoms. The van der Waals surface area contributed by atoms with Gasteiger partial charge in [0.25, 0.3) is 0 Å². The lowest BCUT2D eigenvalue weighted by molar-refractivity contribution is -0.139. The van der Waals surface area contributed by atoms with Crippen LogP contribution in [-0.4, -0.2) is 65.5 Å². The zero-order valence-corrected chi connectivity index (χ0v) is 16.7. The van der Waals surface area contributed by atoms with Gasteiger partial charge in [-0.25, -0.2) is 4.79 Å². The minimum absolute atomic E-state index is 0.0125. The number of hydrogen-bond donors (Lipinski definition) is 2. The molecule has 2 aliphatic heterocycles. The van der Waals surface area contributed by atoms with E-state index in [1.165, 1.54) is 0 Å². The van der Waals surface area contributed by atoms with E-state index in [0.29, 0.717) is 50.6 Å². The average Bonchev–Trinajstić information content (AvgIpc) is 3.10. The maximum atomic E-state index is 13.1. The topological polar surface area (TPSA) is 90.0 Å². The number of carbonyl (C=O) groups excluding carboxylic acids is 2. The smallest absolute Gasteiger partial charge is 0.404 e. The molecule has 3 amide bonds. The summed E-state index contributed by atoms with van der Waals surface area (Å²) in [5.41, 5.74) is 1.06. The molecule has 7 nitrogen and oxygen atoms in total. The van der Waals surface area contributed by atoms with Gasteiger partial charge in [-0.3, -0.25) is 9.59 Å². The van der Waals surface area contributed by atoms with Crippen molar-refractivity contribution in [2.75, 3.05) is 32.7 Å². The highest BCUT2D eigenvalue weighted by Crippen LogP contribution is 2.34. The van der Waals surface area contributed by atoms with E-state index < -0.39 is 6.09 Å². The molecule has 1 aromatic rings. The average molecular weight is 408 g/mol. The van der Waals surface area contributed by atoms with Gasteiger partial charge in [-0.1, -0.05) is 23.7 Å². The summed E-state index contributed by atoms with van der Waals surface area (Å²) in [6.45, 7) is 4.18. The highest BCUT2D eigenvalue weighted by molar-refractivity contribution is 6.30. The molecule has 0 saturated carbocycles. The van der Waals surface area contributed by atoms with Crippen LogP contribution in [0.25, 0.3) is 0 Å². The second-order valence-corrected chi connectivity index (χ2v) is 8.06. The van der Waals surface area contributed by atoms with Crippen LogP contribution >= 0.6 is 11.6 Å². The van der Waals surface area contributed by atoms with Gasteiger partial charge in [-0.05, 0) is 30.5 Å². The fourth-order valence-corrected chi connectivity index (χ4v) is 4.39. The predicted molar refractivity (Wildman–Crippen MR) is 105 cm³/mol. The molecule has 2 fully saturated rings. The number of rotatable bonds is 4. The van der Waals surface area contributed by atoms with Crippen LogP contribution in [0.3, 0.4) is 0 Å². The summed E-state index contributed by atoms with van der Waals surface area (Å²) in [6.07, 6.45) is 0.299. The van der Waals surface area contributed by atoms with Crippen LogP contribution < -0.4 is 5.32 Å². The number of amides is 3. The first-order valence-electron chi connectivity index (χ1n) is 9.61. The molecule has 0 spiro atoms. The Morgan fingerprint density at radius 1 is 1.11 bits per heavy atom. The number of benzene rings is 1. The van der Waals surface area contributed by atoms with Crippen molar-refractivity contribution in [1.29, 1.82) is 0 Å².